The average Bonchev–Trinajstić information content (AvgIpc) is 3.13. The molecule has 3 rings (SSSR count). The van der Waals surface area contributed by atoms with Crippen molar-refractivity contribution < 1.29 is 13.2 Å². The first-order valence-corrected chi connectivity index (χ1v) is 10.3. The molecule has 2 aromatic carbocycles. The quantitative estimate of drug-likeness (QED) is 0.643. The number of nitrogens with zero attached hydrogens (tertiary/aromatic N) is 3. The first-order chi connectivity index (χ1) is 13.7. The zero-order valence-electron chi connectivity index (χ0n) is 15.3. The smallest absolute Gasteiger partial charge is 0.240 e. The monoisotopic (exact) mass is 429 g/mol. The number of hydrogen-bond acceptors (Lipinski definition) is 5. The van der Waals surface area contributed by atoms with Crippen LogP contribution in [0.5, 0.6) is 0 Å². The molecule has 0 spiro atoms. The third-order valence-corrected chi connectivity index (χ3v) is 5.37. The molecule has 0 fully saturated rings. The minimum Gasteiger partial charge on any atom is -0.326 e. The van der Waals surface area contributed by atoms with E-state index < -0.39 is 10.0 Å². The minimum atomic E-state index is -4.12. The van der Waals surface area contributed by atoms with Crippen LogP contribution in [0, 0.1) is 18.3 Å². The van der Waals surface area contributed by atoms with Gasteiger partial charge in [0.15, 0.2) is 0 Å². The van der Waals surface area contributed by atoms with Crippen molar-refractivity contribution in [2.75, 3.05) is 5.32 Å². The summed E-state index contributed by atoms with van der Waals surface area (Å²) >= 11 is 6.12. The molecule has 1 amide bonds. The topological polar surface area (TPSA) is 131 Å². The molecule has 29 heavy (non-hydrogen) atoms. The summed E-state index contributed by atoms with van der Waals surface area (Å²) in [6.45, 7) is 1.89. The van der Waals surface area contributed by atoms with Crippen LogP contribution in [0.4, 0.5) is 5.69 Å². The summed E-state index contributed by atoms with van der Waals surface area (Å²) in [6.07, 6.45) is 2.70. The number of nitriles is 1. The van der Waals surface area contributed by atoms with Crippen molar-refractivity contribution in [1.82, 2.24) is 9.78 Å². The van der Waals surface area contributed by atoms with Gasteiger partial charge in [-0.1, -0.05) is 29.3 Å². The van der Waals surface area contributed by atoms with Gasteiger partial charge in [-0.25, -0.2) is 18.2 Å². The molecule has 148 valence electrons. The van der Waals surface area contributed by atoms with E-state index in [0.717, 1.165) is 5.56 Å². The number of nitrogens with one attached hydrogen (secondary N) is 1. The van der Waals surface area contributed by atoms with Crippen LogP contribution in [0.2, 0.25) is 5.02 Å². The molecule has 0 unspecified atom stereocenters. The second kappa shape index (κ2) is 8.05. The molecule has 8 nitrogen and oxygen atoms in total. The molecule has 10 heteroatoms. The van der Waals surface area contributed by atoms with E-state index in [-0.39, 0.29) is 34.2 Å². The number of halogens is 1. The molecule has 1 aromatic heterocycles. The molecule has 0 aliphatic rings. The van der Waals surface area contributed by atoms with Gasteiger partial charge in [-0.3, -0.25) is 4.79 Å². The predicted molar refractivity (Wildman–Crippen MR) is 108 cm³/mol. The van der Waals surface area contributed by atoms with Crippen LogP contribution in [0.25, 0.3) is 5.69 Å². The van der Waals surface area contributed by atoms with Gasteiger partial charge in [0.25, 0.3) is 0 Å². The Morgan fingerprint density at radius 3 is 2.72 bits per heavy atom. The Bertz CT molecular complexity index is 1240. The number of nitrogens with two attached hydrogens (primary N) is 1. The van der Waals surface area contributed by atoms with Gasteiger partial charge < -0.3 is 5.32 Å². The number of primary sulfonamides is 1. The SMILES string of the molecule is Cc1ccc(Cl)c(CC(=O)Nc2ccc(-n3cc(C#N)cn3)c(S(N)(=O)=O)c2)c1. The number of benzene rings is 2. The van der Waals surface area contributed by atoms with Gasteiger partial charge in [-0.05, 0) is 36.8 Å². The third-order valence-electron chi connectivity index (χ3n) is 4.06. The van der Waals surface area contributed by atoms with Gasteiger partial charge in [0.2, 0.25) is 15.9 Å². The van der Waals surface area contributed by atoms with E-state index in [1.807, 2.05) is 25.1 Å². The molecular formula is C19H16ClN5O3S. The van der Waals surface area contributed by atoms with Crippen molar-refractivity contribution in [1.29, 1.82) is 5.26 Å². The number of rotatable bonds is 5. The molecule has 0 aliphatic carbocycles. The number of aromatic nitrogens is 2. The second-order valence-corrected chi connectivity index (χ2v) is 8.27. The van der Waals surface area contributed by atoms with Gasteiger partial charge in [-0.2, -0.15) is 10.4 Å². The molecule has 0 saturated carbocycles. The minimum absolute atomic E-state index is 0.0255. The standard InChI is InChI=1S/C19H16ClN5O3S/c1-12-2-4-16(20)14(6-12)7-19(26)24-15-3-5-17(18(8-15)29(22,27)28)25-11-13(9-21)10-23-25/h2-6,8,10-11H,7H2,1H3,(H,24,26)(H2,22,27,28). The maximum absolute atomic E-state index is 12.4. The molecule has 0 saturated heterocycles. The lowest BCUT2D eigenvalue weighted by molar-refractivity contribution is -0.115. The second-order valence-electron chi connectivity index (χ2n) is 6.33. The lowest BCUT2D eigenvalue weighted by atomic mass is 10.1. The van der Waals surface area contributed by atoms with Crippen molar-refractivity contribution >= 4 is 33.2 Å². The van der Waals surface area contributed by atoms with Crippen molar-refractivity contribution in [2.24, 2.45) is 5.14 Å². The number of carbonyl (C=O) groups excluding carboxylic acids is 1. The van der Waals surface area contributed by atoms with Crippen LogP contribution in [0.15, 0.2) is 53.7 Å². The zero-order chi connectivity index (χ0) is 21.2. The van der Waals surface area contributed by atoms with Gasteiger partial charge in [0.1, 0.15) is 11.0 Å². The van der Waals surface area contributed by atoms with E-state index in [2.05, 4.69) is 10.4 Å². The lowest BCUT2D eigenvalue weighted by Gasteiger charge is -2.12. The Kier molecular flexibility index (Phi) is 5.70. The summed E-state index contributed by atoms with van der Waals surface area (Å²) in [6, 6.07) is 11.5. The van der Waals surface area contributed by atoms with Crippen molar-refractivity contribution in [3.05, 3.63) is 70.5 Å². The van der Waals surface area contributed by atoms with Crippen molar-refractivity contribution in [2.45, 2.75) is 18.2 Å². The number of aryl methyl sites for hydroxylation is 1. The molecule has 3 N–H and O–H groups in total. The maximum Gasteiger partial charge on any atom is 0.240 e. The highest BCUT2D eigenvalue weighted by molar-refractivity contribution is 7.89. The van der Waals surface area contributed by atoms with E-state index in [4.69, 9.17) is 22.0 Å². The van der Waals surface area contributed by atoms with Crippen LogP contribution in [-0.4, -0.2) is 24.1 Å². The molecule has 3 aromatic rings. The van der Waals surface area contributed by atoms with Crippen molar-refractivity contribution in [3.8, 4) is 11.8 Å². The highest BCUT2D eigenvalue weighted by atomic mass is 35.5. The molecule has 0 aliphatic heterocycles. The summed E-state index contributed by atoms with van der Waals surface area (Å²) in [7, 11) is -4.12. The van der Waals surface area contributed by atoms with Gasteiger partial charge >= 0.3 is 0 Å². The Hall–Kier alpha value is -3.19. The zero-order valence-corrected chi connectivity index (χ0v) is 16.8. The summed E-state index contributed by atoms with van der Waals surface area (Å²) in [4.78, 5) is 12.2. The van der Waals surface area contributed by atoms with Crippen molar-refractivity contribution in [3.63, 3.8) is 0 Å². The first-order valence-electron chi connectivity index (χ1n) is 8.34. The Morgan fingerprint density at radius 1 is 1.31 bits per heavy atom. The summed E-state index contributed by atoms with van der Waals surface area (Å²) < 4.78 is 25.3. The summed E-state index contributed by atoms with van der Waals surface area (Å²) in [5, 5.41) is 21.3. The number of carbonyl (C=O) groups is 1. The fourth-order valence-electron chi connectivity index (χ4n) is 2.74. The molecule has 0 radical (unpaired) electrons. The highest BCUT2D eigenvalue weighted by Gasteiger charge is 2.18. The normalized spacial score (nSPS) is 11.1. The van der Waals surface area contributed by atoms with E-state index >= 15 is 0 Å². The largest absolute Gasteiger partial charge is 0.326 e. The molecular weight excluding hydrogens is 414 g/mol. The number of amides is 1. The van der Waals surface area contributed by atoms with Crippen LogP contribution in [-0.2, 0) is 21.2 Å². The van der Waals surface area contributed by atoms with Crippen LogP contribution in [0.3, 0.4) is 0 Å². The molecule has 0 atom stereocenters. The lowest BCUT2D eigenvalue weighted by Crippen LogP contribution is -2.18. The highest BCUT2D eigenvalue weighted by Crippen LogP contribution is 2.24. The van der Waals surface area contributed by atoms with Gasteiger partial charge in [0, 0.05) is 16.9 Å². The van der Waals surface area contributed by atoms with Crippen LogP contribution < -0.4 is 10.5 Å². The average molecular weight is 430 g/mol. The first kappa shape index (κ1) is 20.5. The Morgan fingerprint density at radius 2 is 2.07 bits per heavy atom. The number of hydrogen-bond donors (Lipinski definition) is 2. The van der Waals surface area contributed by atoms with E-state index in [1.54, 1.807) is 6.07 Å². The van der Waals surface area contributed by atoms with Crippen LogP contribution in [0.1, 0.15) is 16.7 Å². The number of anilines is 1. The molecule has 1 heterocycles. The van der Waals surface area contributed by atoms with Crippen LogP contribution >= 0.6 is 11.6 Å². The fourth-order valence-corrected chi connectivity index (χ4v) is 3.67. The Balaban J connectivity index is 1.90. The van der Waals surface area contributed by atoms with E-state index in [9.17, 15) is 13.2 Å². The predicted octanol–water partition coefficient (Wildman–Crippen LogP) is 2.53. The Labute approximate surface area is 172 Å². The van der Waals surface area contributed by atoms with E-state index in [0.29, 0.717) is 10.6 Å². The third kappa shape index (κ3) is 4.81. The van der Waals surface area contributed by atoms with Gasteiger partial charge in [0.05, 0.1) is 23.9 Å². The molecule has 0 bridgehead atoms. The van der Waals surface area contributed by atoms with Gasteiger partial charge in [-0.15, -0.1) is 0 Å². The number of sulfonamides is 1. The maximum atomic E-state index is 12.4. The van der Waals surface area contributed by atoms with E-state index in [1.165, 1.54) is 35.3 Å². The summed E-state index contributed by atoms with van der Waals surface area (Å²) in [5.74, 6) is -0.364. The summed E-state index contributed by atoms with van der Waals surface area (Å²) in [5.41, 5.74) is 2.30. The fraction of sp³-hybridized carbons (Fsp3) is 0.105.